The van der Waals surface area contributed by atoms with Crippen LogP contribution in [-0.4, -0.2) is 15.6 Å². The molecule has 1 heterocycles. The largest absolute Gasteiger partial charge is 0.353 e. The average molecular weight is 245 g/mol. The lowest BCUT2D eigenvalue weighted by Crippen LogP contribution is -2.28. The van der Waals surface area contributed by atoms with Crippen LogP contribution in [0.2, 0.25) is 0 Å². The molecule has 0 atom stereocenters. The van der Waals surface area contributed by atoms with E-state index in [4.69, 9.17) is 0 Å². The first-order valence-corrected chi connectivity index (χ1v) is 6.28. The zero-order valence-electron chi connectivity index (χ0n) is 11.3. The van der Waals surface area contributed by atoms with Crippen LogP contribution in [0.25, 0.3) is 10.9 Å². The average Bonchev–Trinajstić information content (AvgIpc) is 2.27. The molecule has 1 N–H and O–H groups in total. The fourth-order valence-electron chi connectivity index (χ4n) is 1.98. The van der Waals surface area contributed by atoms with Gasteiger partial charge in [-0.05, 0) is 39.8 Å². The highest BCUT2D eigenvalue weighted by Crippen LogP contribution is 2.15. The fourth-order valence-corrected chi connectivity index (χ4v) is 1.98. The normalized spacial score (nSPS) is 11.4. The molecule has 0 aliphatic rings. The van der Waals surface area contributed by atoms with Gasteiger partial charge in [0.15, 0.2) is 0 Å². The molecular weight excluding hydrogens is 226 g/mol. The second-order valence-corrected chi connectivity index (χ2v) is 5.02. The third kappa shape index (κ3) is 2.23. The number of hydrogen-bond donors (Lipinski definition) is 1. The smallest absolute Gasteiger partial charge is 0.263 e. The molecule has 96 valence electrons. The number of hydrogen-bond acceptors (Lipinski definition) is 3. The Kier molecular flexibility index (Phi) is 3.36. The van der Waals surface area contributed by atoms with E-state index in [0.29, 0.717) is 11.3 Å². The summed E-state index contributed by atoms with van der Waals surface area (Å²) in [5.74, 6) is 0.642. The first-order chi connectivity index (χ1) is 8.50. The molecule has 0 fully saturated rings. The minimum absolute atomic E-state index is 0.0127. The van der Waals surface area contributed by atoms with Gasteiger partial charge in [0.05, 0.1) is 10.9 Å². The Morgan fingerprint density at radius 2 is 1.83 bits per heavy atom. The number of rotatable bonds is 3. The van der Waals surface area contributed by atoms with Crippen LogP contribution in [-0.2, 0) is 0 Å². The Balaban J connectivity index is 2.75. The lowest BCUT2D eigenvalue weighted by molar-refractivity contribution is 0.576. The molecule has 0 radical (unpaired) electrons. The number of nitrogens with one attached hydrogen (secondary N) is 1. The Morgan fingerprint density at radius 3 is 2.44 bits per heavy atom. The van der Waals surface area contributed by atoms with Crippen molar-refractivity contribution in [3.63, 3.8) is 0 Å². The summed E-state index contributed by atoms with van der Waals surface area (Å²) in [5, 5.41) is 3.91. The zero-order valence-corrected chi connectivity index (χ0v) is 11.3. The number of fused-ring (bicyclic) bond motifs is 1. The van der Waals surface area contributed by atoms with E-state index in [1.54, 1.807) is 4.57 Å². The van der Waals surface area contributed by atoms with Gasteiger partial charge in [-0.25, -0.2) is 4.98 Å². The van der Waals surface area contributed by atoms with Crippen LogP contribution in [0.4, 0.5) is 5.95 Å². The molecule has 0 spiro atoms. The van der Waals surface area contributed by atoms with Gasteiger partial charge in [-0.3, -0.25) is 9.36 Å². The number of benzene rings is 1. The van der Waals surface area contributed by atoms with Crippen molar-refractivity contribution in [2.75, 3.05) is 5.32 Å². The molecule has 0 bridgehead atoms. The molecular formula is C14H19N3O. The summed E-state index contributed by atoms with van der Waals surface area (Å²) in [5.41, 5.74) is 0.751. The van der Waals surface area contributed by atoms with Crippen molar-refractivity contribution < 1.29 is 0 Å². The van der Waals surface area contributed by atoms with E-state index in [0.717, 1.165) is 5.52 Å². The number of nitrogens with zero attached hydrogens (tertiary/aromatic N) is 2. The summed E-state index contributed by atoms with van der Waals surface area (Å²) in [4.78, 5) is 17.0. The second kappa shape index (κ2) is 4.80. The van der Waals surface area contributed by atoms with E-state index < -0.39 is 0 Å². The van der Waals surface area contributed by atoms with Crippen LogP contribution >= 0.6 is 0 Å². The minimum Gasteiger partial charge on any atom is -0.353 e. The van der Waals surface area contributed by atoms with Gasteiger partial charge in [0.1, 0.15) is 0 Å². The van der Waals surface area contributed by atoms with E-state index >= 15 is 0 Å². The van der Waals surface area contributed by atoms with Crippen LogP contribution in [0.3, 0.4) is 0 Å². The molecule has 4 heteroatoms. The Morgan fingerprint density at radius 1 is 1.17 bits per heavy atom. The quantitative estimate of drug-likeness (QED) is 0.904. The summed E-state index contributed by atoms with van der Waals surface area (Å²) < 4.78 is 1.71. The van der Waals surface area contributed by atoms with Crippen molar-refractivity contribution in [1.29, 1.82) is 0 Å². The van der Waals surface area contributed by atoms with E-state index in [1.807, 2.05) is 52.0 Å². The van der Waals surface area contributed by atoms with Crippen molar-refractivity contribution in [1.82, 2.24) is 9.55 Å². The summed E-state index contributed by atoms with van der Waals surface area (Å²) in [6.45, 7) is 8.05. The predicted molar refractivity (Wildman–Crippen MR) is 75.1 cm³/mol. The maximum atomic E-state index is 12.5. The van der Waals surface area contributed by atoms with Crippen LogP contribution in [0.5, 0.6) is 0 Å². The van der Waals surface area contributed by atoms with Gasteiger partial charge in [0.25, 0.3) is 5.56 Å². The maximum Gasteiger partial charge on any atom is 0.263 e. The monoisotopic (exact) mass is 245 g/mol. The molecule has 2 rings (SSSR count). The minimum atomic E-state index is 0.0127. The molecule has 0 aliphatic heterocycles. The van der Waals surface area contributed by atoms with E-state index in [1.165, 1.54) is 0 Å². The Hall–Kier alpha value is -1.84. The van der Waals surface area contributed by atoms with Crippen LogP contribution in [0, 0.1) is 0 Å². The fraction of sp³-hybridized carbons (Fsp3) is 0.429. The number of anilines is 1. The van der Waals surface area contributed by atoms with Gasteiger partial charge in [-0.1, -0.05) is 12.1 Å². The summed E-state index contributed by atoms with van der Waals surface area (Å²) in [7, 11) is 0. The standard InChI is InChI=1S/C14H19N3O/c1-9(2)15-14-16-12-8-6-5-7-11(12)13(18)17(14)10(3)4/h5-10H,1-4H3,(H,15,16). The van der Waals surface area contributed by atoms with Gasteiger partial charge < -0.3 is 5.32 Å². The molecule has 1 aromatic carbocycles. The van der Waals surface area contributed by atoms with E-state index in [9.17, 15) is 4.79 Å². The lowest BCUT2D eigenvalue weighted by atomic mass is 10.2. The van der Waals surface area contributed by atoms with Gasteiger partial charge in [-0.2, -0.15) is 0 Å². The van der Waals surface area contributed by atoms with Crippen molar-refractivity contribution in [2.24, 2.45) is 0 Å². The molecule has 2 aromatic rings. The predicted octanol–water partition coefficient (Wildman–Crippen LogP) is 2.80. The van der Waals surface area contributed by atoms with Crippen LogP contribution < -0.4 is 10.9 Å². The van der Waals surface area contributed by atoms with Crippen molar-refractivity contribution in [2.45, 2.75) is 39.8 Å². The third-order valence-corrected chi connectivity index (χ3v) is 2.74. The third-order valence-electron chi connectivity index (χ3n) is 2.74. The molecule has 0 saturated carbocycles. The number of aromatic nitrogens is 2. The first-order valence-electron chi connectivity index (χ1n) is 6.28. The highest BCUT2D eigenvalue weighted by molar-refractivity contribution is 5.78. The maximum absolute atomic E-state index is 12.5. The first kappa shape index (κ1) is 12.6. The molecule has 4 nitrogen and oxygen atoms in total. The highest BCUT2D eigenvalue weighted by atomic mass is 16.1. The summed E-state index contributed by atoms with van der Waals surface area (Å²) >= 11 is 0. The van der Waals surface area contributed by atoms with Gasteiger partial charge in [0.2, 0.25) is 5.95 Å². The van der Waals surface area contributed by atoms with E-state index in [2.05, 4.69) is 10.3 Å². The van der Waals surface area contributed by atoms with E-state index in [-0.39, 0.29) is 17.6 Å². The SMILES string of the molecule is CC(C)Nc1nc2ccccc2c(=O)n1C(C)C. The number of para-hydroxylation sites is 1. The van der Waals surface area contributed by atoms with Gasteiger partial charge in [0, 0.05) is 12.1 Å². The van der Waals surface area contributed by atoms with Crippen LogP contribution in [0.15, 0.2) is 29.1 Å². The molecule has 1 aromatic heterocycles. The Labute approximate surface area is 107 Å². The summed E-state index contributed by atoms with van der Waals surface area (Å²) in [6, 6.07) is 7.77. The van der Waals surface area contributed by atoms with Crippen LogP contribution in [0.1, 0.15) is 33.7 Å². The zero-order chi connectivity index (χ0) is 13.3. The molecule has 0 saturated heterocycles. The highest BCUT2D eigenvalue weighted by Gasteiger charge is 2.13. The van der Waals surface area contributed by atoms with Crippen molar-refractivity contribution >= 4 is 16.9 Å². The Bertz CT molecular complexity index is 614. The van der Waals surface area contributed by atoms with Crippen molar-refractivity contribution in [3.8, 4) is 0 Å². The van der Waals surface area contributed by atoms with Gasteiger partial charge >= 0.3 is 0 Å². The lowest BCUT2D eigenvalue weighted by Gasteiger charge is -2.19. The summed E-state index contributed by atoms with van der Waals surface area (Å²) in [6.07, 6.45) is 0. The second-order valence-electron chi connectivity index (χ2n) is 5.02. The molecule has 18 heavy (non-hydrogen) atoms. The van der Waals surface area contributed by atoms with Crippen molar-refractivity contribution in [3.05, 3.63) is 34.6 Å². The molecule has 0 aliphatic carbocycles. The topological polar surface area (TPSA) is 46.9 Å². The van der Waals surface area contributed by atoms with Gasteiger partial charge in [-0.15, -0.1) is 0 Å². The molecule has 0 amide bonds. The molecule has 0 unspecified atom stereocenters.